The average Bonchev–Trinajstić information content (AvgIpc) is 2.76. The van der Waals surface area contributed by atoms with Crippen molar-refractivity contribution < 1.29 is 14.3 Å². The predicted molar refractivity (Wildman–Crippen MR) is 82.1 cm³/mol. The van der Waals surface area contributed by atoms with Gasteiger partial charge in [0.2, 0.25) is 5.67 Å². The molecule has 4 atom stereocenters. The maximum Gasteiger partial charge on any atom is 0.265 e. The molecule has 0 radical (unpaired) electrons. The van der Waals surface area contributed by atoms with Crippen molar-refractivity contribution in [3.63, 3.8) is 0 Å². The number of benzene rings is 1. The van der Waals surface area contributed by atoms with Crippen LogP contribution in [0.5, 0.6) is 0 Å². The summed E-state index contributed by atoms with van der Waals surface area (Å²) in [7, 11) is 2.12. The number of fused-ring (bicyclic) bond motifs is 2. The van der Waals surface area contributed by atoms with Crippen LogP contribution in [0.25, 0.3) is 0 Å². The summed E-state index contributed by atoms with van der Waals surface area (Å²) < 4.78 is 15.0. The lowest BCUT2D eigenvalue weighted by Crippen LogP contribution is -2.53. The third-order valence-electron chi connectivity index (χ3n) is 5.24. The van der Waals surface area contributed by atoms with Crippen LogP contribution in [-0.2, 0) is 10.5 Å². The van der Waals surface area contributed by atoms with E-state index in [9.17, 15) is 9.90 Å². The third kappa shape index (κ3) is 2.63. The van der Waals surface area contributed by atoms with Crippen molar-refractivity contribution in [2.45, 2.75) is 49.5 Å². The molecule has 2 saturated heterocycles. The van der Waals surface area contributed by atoms with Crippen molar-refractivity contribution in [2.75, 3.05) is 13.7 Å². The quantitative estimate of drug-likeness (QED) is 0.888. The molecule has 2 aliphatic rings. The molecule has 22 heavy (non-hydrogen) atoms. The molecule has 0 aromatic heterocycles. The molecule has 1 amide bonds. The maximum atomic E-state index is 15.0. The second-order valence-electron chi connectivity index (χ2n) is 6.52. The van der Waals surface area contributed by atoms with Gasteiger partial charge in [-0.05, 0) is 32.7 Å². The first-order valence-electron chi connectivity index (χ1n) is 7.93. The number of aliphatic hydroxyl groups excluding tert-OH is 1. The van der Waals surface area contributed by atoms with Crippen LogP contribution >= 0.6 is 0 Å². The Balaban J connectivity index is 1.71. The number of carbonyl (C=O) groups is 1. The van der Waals surface area contributed by atoms with E-state index in [1.165, 1.54) is 12.1 Å². The van der Waals surface area contributed by atoms with E-state index < -0.39 is 18.2 Å². The molecule has 1 unspecified atom stereocenters. The first kappa shape index (κ1) is 15.4. The lowest BCUT2D eigenvalue weighted by Gasteiger charge is -2.37. The van der Waals surface area contributed by atoms with E-state index in [0.29, 0.717) is 12.1 Å². The zero-order valence-corrected chi connectivity index (χ0v) is 12.8. The molecule has 3 rings (SSSR count). The van der Waals surface area contributed by atoms with E-state index in [4.69, 9.17) is 0 Å². The molecular weight excluding hydrogens is 283 g/mol. The summed E-state index contributed by atoms with van der Waals surface area (Å²) in [6.45, 7) is -0.845. The summed E-state index contributed by atoms with van der Waals surface area (Å²) in [6, 6.07) is 9.11. The minimum absolute atomic E-state index is 0.00779. The zero-order valence-electron chi connectivity index (χ0n) is 12.8. The Hall–Kier alpha value is -1.46. The maximum absolute atomic E-state index is 15.0. The highest BCUT2D eigenvalue weighted by Crippen LogP contribution is 2.35. The van der Waals surface area contributed by atoms with Gasteiger partial charge in [-0.25, -0.2) is 4.39 Å². The average molecular weight is 306 g/mol. The monoisotopic (exact) mass is 306 g/mol. The topological polar surface area (TPSA) is 52.6 Å². The number of piperidine rings is 1. The Morgan fingerprint density at radius 2 is 1.91 bits per heavy atom. The van der Waals surface area contributed by atoms with Gasteiger partial charge in [0.15, 0.2) is 0 Å². The van der Waals surface area contributed by atoms with Gasteiger partial charge in [-0.15, -0.1) is 0 Å². The summed E-state index contributed by atoms with van der Waals surface area (Å²) in [5.74, 6) is -0.727. The zero-order chi connectivity index (χ0) is 15.7. The van der Waals surface area contributed by atoms with Crippen LogP contribution in [0.15, 0.2) is 30.3 Å². The van der Waals surface area contributed by atoms with Gasteiger partial charge in [-0.2, -0.15) is 0 Å². The third-order valence-corrected chi connectivity index (χ3v) is 5.24. The molecule has 5 heteroatoms. The Labute approximate surface area is 130 Å². The molecule has 2 aliphatic heterocycles. The van der Waals surface area contributed by atoms with Crippen molar-refractivity contribution in [1.29, 1.82) is 0 Å². The summed E-state index contributed by atoms with van der Waals surface area (Å²) >= 11 is 0. The van der Waals surface area contributed by atoms with E-state index in [-0.39, 0.29) is 11.6 Å². The summed E-state index contributed by atoms with van der Waals surface area (Å²) in [5.41, 5.74) is -2.17. The van der Waals surface area contributed by atoms with Crippen LogP contribution in [0.4, 0.5) is 4.39 Å². The molecule has 2 heterocycles. The van der Waals surface area contributed by atoms with Gasteiger partial charge >= 0.3 is 0 Å². The van der Waals surface area contributed by atoms with Gasteiger partial charge in [0.25, 0.3) is 5.91 Å². The normalized spacial score (nSPS) is 30.8. The fraction of sp³-hybridized carbons (Fsp3) is 0.588. The second kappa shape index (κ2) is 5.97. The molecule has 1 aromatic rings. The number of nitrogens with zero attached hydrogens (tertiary/aromatic N) is 1. The molecule has 0 spiro atoms. The van der Waals surface area contributed by atoms with Gasteiger partial charge in [-0.1, -0.05) is 30.3 Å². The van der Waals surface area contributed by atoms with Crippen molar-refractivity contribution in [3.05, 3.63) is 35.9 Å². The summed E-state index contributed by atoms with van der Waals surface area (Å²) in [4.78, 5) is 14.8. The molecule has 120 valence electrons. The Kier molecular flexibility index (Phi) is 4.19. The van der Waals surface area contributed by atoms with Crippen LogP contribution in [0.3, 0.4) is 0 Å². The number of aliphatic hydroxyl groups is 1. The van der Waals surface area contributed by atoms with Crippen LogP contribution in [0, 0.1) is 0 Å². The molecule has 0 aliphatic carbocycles. The summed E-state index contributed by atoms with van der Waals surface area (Å²) in [6.07, 6.45) is 4.00. The largest absolute Gasteiger partial charge is 0.392 e. The SMILES string of the molecule is CN1[C@@H]2CC[C@H]1C[C@@H](NC(=O)C(F)(CO)c1ccccc1)C2. The van der Waals surface area contributed by atoms with Crippen molar-refractivity contribution in [3.8, 4) is 0 Å². The van der Waals surface area contributed by atoms with Gasteiger partial charge in [0.05, 0.1) is 6.61 Å². The molecule has 2 fully saturated rings. The molecule has 1 aromatic carbocycles. The first-order chi connectivity index (χ1) is 10.5. The Bertz CT molecular complexity index is 525. The van der Waals surface area contributed by atoms with Crippen LogP contribution in [0.1, 0.15) is 31.2 Å². The van der Waals surface area contributed by atoms with Gasteiger partial charge in [0, 0.05) is 23.7 Å². The number of halogens is 1. The van der Waals surface area contributed by atoms with Crippen LogP contribution in [-0.4, -0.2) is 47.7 Å². The highest BCUT2D eigenvalue weighted by atomic mass is 19.1. The number of hydrogen-bond acceptors (Lipinski definition) is 3. The van der Waals surface area contributed by atoms with Gasteiger partial charge < -0.3 is 15.3 Å². The molecule has 0 saturated carbocycles. The lowest BCUT2D eigenvalue weighted by molar-refractivity contribution is -0.137. The number of rotatable bonds is 4. The van der Waals surface area contributed by atoms with Gasteiger partial charge in [0.1, 0.15) is 0 Å². The van der Waals surface area contributed by atoms with Crippen LogP contribution in [0.2, 0.25) is 0 Å². The standard InChI is InChI=1S/C17H23FN2O2/c1-20-14-7-8-15(20)10-13(9-14)19-16(22)17(18,11-21)12-5-3-2-4-6-12/h2-6,13-15,21H,7-11H2,1H3,(H,19,22)/t13-,14+,15-,17?. The molecule has 2 bridgehead atoms. The summed E-state index contributed by atoms with van der Waals surface area (Å²) in [5, 5.41) is 12.3. The number of hydrogen-bond donors (Lipinski definition) is 2. The van der Waals surface area contributed by atoms with E-state index in [2.05, 4.69) is 17.3 Å². The van der Waals surface area contributed by atoms with Crippen molar-refractivity contribution >= 4 is 5.91 Å². The van der Waals surface area contributed by atoms with E-state index in [0.717, 1.165) is 25.7 Å². The van der Waals surface area contributed by atoms with E-state index in [1.54, 1.807) is 18.2 Å². The highest BCUT2D eigenvalue weighted by molar-refractivity contribution is 5.86. The molecule has 4 nitrogen and oxygen atoms in total. The Morgan fingerprint density at radius 3 is 2.45 bits per heavy atom. The minimum atomic E-state index is -2.37. The number of amides is 1. The Morgan fingerprint density at radius 1 is 1.32 bits per heavy atom. The van der Waals surface area contributed by atoms with Crippen LogP contribution < -0.4 is 5.32 Å². The fourth-order valence-corrected chi connectivity index (χ4v) is 3.83. The van der Waals surface area contributed by atoms with Gasteiger partial charge in [-0.3, -0.25) is 4.79 Å². The lowest BCUT2D eigenvalue weighted by atomic mass is 9.93. The molecular formula is C17H23FN2O2. The fourth-order valence-electron chi connectivity index (χ4n) is 3.83. The van der Waals surface area contributed by atoms with Crippen molar-refractivity contribution in [2.24, 2.45) is 0 Å². The second-order valence-corrected chi connectivity index (χ2v) is 6.52. The van der Waals surface area contributed by atoms with E-state index >= 15 is 4.39 Å². The van der Waals surface area contributed by atoms with Crippen molar-refractivity contribution in [1.82, 2.24) is 10.2 Å². The number of alkyl halides is 1. The minimum Gasteiger partial charge on any atom is -0.392 e. The van der Waals surface area contributed by atoms with E-state index in [1.807, 2.05) is 0 Å². The smallest absolute Gasteiger partial charge is 0.265 e. The highest BCUT2D eigenvalue weighted by Gasteiger charge is 2.44. The predicted octanol–water partition coefficient (Wildman–Crippen LogP) is 1.59. The first-order valence-corrected chi connectivity index (χ1v) is 7.93. The molecule has 2 N–H and O–H groups in total. The number of carbonyl (C=O) groups excluding carboxylic acids is 1. The number of nitrogens with one attached hydrogen (secondary N) is 1.